The van der Waals surface area contributed by atoms with Crippen LogP contribution in [0.2, 0.25) is 0 Å². The molecular formula is C9H14F3NO4. The summed E-state index contributed by atoms with van der Waals surface area (Å²) in [5.41, 5.74) is 0. The fourth-order valence-electron chi connectivity index (χ4n) is 1.14. The minimum absolute atomic E-state index is 0.352. The molecule has 1 unspecified atom stereocenters. The average Bonchev–Trinajstić information content (AvgIpc) is 2.13. The van der Waals surface area contributed by atoms with E-state index < -0.39 is 30.9 Å². The molecule has 0 heterocycles. The Bertz CT molecular complexity index is 267. The maximum atomic E-state index is 11.7. The minimum atomic E-state index is -4.59. The molecule has 17 heavy (non-hydrogen) atoms. The molecule has 0 aliphatic rings. The predicted molar refractivity (Wildman–Crippen MR) is 51.5 cm³/mol. The van der Waals surface area contributed by atoms with Crippen LogP contribution < -0.4 is 5.32 Å². The first-order chi connectivity index (χ1) is 7.74. The molecule has 1 amide bonds. The van der Waals surface area contributed by atoms with E-state index in [9.17, 15) is 22.8 Å². The smallest absolute Gasteiger partial charge is 0.422 e. The van der Waals surface area contributed by atoms with Crippen LogP contribution in [-0.4, -0.2) is 36.0 Å². The molecule has 0 aromatic heterocycles. The lowest BCUT2D eigenvalue weighted by Crippen LogP contribution is -2.38. The Morgan fingerprint density at radius 3 is 2.41 bits per heavy atom. The lowest BCUT2D eigenvalue weighted by molar-refractivity contribution is -0.160. The molecule has 0 aliphatic carbocycles. The maximum absolute atomic E-state index is 11.7. The van der Waals surface area contributed by atoms with E-state index in [1.165, 1.54) is 0 Å². The third kappa shape index (κ3) is 9.46. The number of rotatable bonds is 6. The van der Waals surface area contributed by atoms with Crippen molar-refractivity contribution in [3.8, 4) is 0 Å². The molecule has 8 heteroatoms. The number of carbonyl (C=O) groups is 2. The van der Waals surface area contributed by atoms with Gasteiger partial charge in [-0.2, -0.15) is 13.2 Å². The Morgan fingerprint density at radius 1 is 1.41 bits per heavy atom. The molecule has 2 N–H and O–H groups in total. The highest BCUT2D eigenvalue weighted by atomic mass is 19.4. The summed E-state index contributed by atoms with van der Waals surface area (Å²) in [7, 11) is 0. The normalized spacial score (nSPS) is 12.9. The van der Waals surface area contributed by atoms with E-state index >= 15 is 0 Å². The second-order valence-corrected chi connectivity index (χ2v) is 3.42. The zero-order valence-electron chi connectivity index (χ0n) is 9.21. The van der Waals surface area contributed by atoms with Crippen LogP contribution in [0.4, 0.5) is 18.0 Å². The van der Waals surface area contributed by atoms with Crippen molar-refractivity contribution in [1.82, 2.24) is 5.32 Å². The first-order valence-corrected chi connectivity index (χ1v) is 4.96. The number of nitrogens with one attached hydrogen (secondary N) is 1. The molecule has 0 spiro atoms. The van der Waals surface area contributed by atoms with Gasteiger partial charge in [0.1, 0.15) is 0 Å². The fourth-order valence-corrected chi connectivity index (χ4v) is 1.14. The second-order valence-electron chi connectivity index (χ2n) is 3.42. The van der Waals surface area contributed by atoms with E-state index in [2.05, 4.69) is 10.1 Å². The number of alkyl carbamates (subject to hydrolysis) is 1. The Labute approximate surface area is 95.9 Å². The zero-order valence-corrected chi connectivity index (χ0v) is 9.21. The summed E-state index contributed by atoms with van der Waals surface area (Å²) in [5.74, 6) is -1.14. The van der Waals surface area contributed by atoms with E-state index in [4.69, 9.17) is 5.11 Å². The van der Waals surface area contributed by atoms with Gasteiger partial charge in [0, 0.05) is 6.04 Å². The largest absolute Gasteiger partial charge is 0.481 e. The molecule has 100 valence electrons. The Morgan fingerprint density at radius 2 is 2.00 bits per heavy atom. The van der Waals surface area contributed by atoms with Gasteiger partial charge >= 0.3 is 18.2 Å². The van der Waals surface area contributed by atoms with Gasteiger partial charge in [-0.1, -0.05) is 13.3 Å². The van der Waals surface area contributed by atoms with Crippen LogP contribution in [0.5, 0.6) is 0 Å². The molecular weight excluding hydrogens is 243 g/mol. The van der Waals surface area contributed by atoms with Gasteiger partial charge in [-0.25, -0.2) is 4.79 Å². The number of carbonyl (C=O) groups excluding carboxylic acids is 1. The average molecular weight is 257 g/mol. The Hall–Kier alpha value is -1.47. The number of halogens is 3. The van der Waals surface area contributed by atoms with Crippen molar-refractivity contribution < 1.29 is 32.6 Å². The van der Waals surface area contributed by atoms with Gasteiger partial charge in [0.25, 0.3) is 0 Å². The number of hydrogen-bond donors (Lipinski definition) is 2. The first kappa shape index (κ1) is 15.5. The monoisotopic (exact) mass is 257 g/mol. The number of amides is 1. The van der Waals surface area contributed by atoms with Crippen molar-refractivity contribution >= 4 is 12.1 Å². The zero-order chi connectivity index (χ0) is 13.5. The molecule has 0 aromatic rings. The van der Waals surface area contributed by atoms with Crippen LogP contribution in [-0.2, 0) is 9.53 Å². The van der Waals surface area contributed by atoms with Gasteiger partial charge in [-0.15, -0.1) is 0 Å². The SMILES string of the molecule is CCCC(CC(=O)O)NC(=O)OCC(F)(F)F. The standard InChI is InChI=1S/C9H14F3NO4/c1-2-3-6(4-7(14)15)13-8(16)17-5-9(10,11)12/h6H,2-5H2,1H3,(H,13,16)(H,14,15). The topological polar surface area (TPSA) is 75.6 Å². The van der Waals surface area contributed by atoms with Gasteiger partial charge in [0.15, 0.2) is 6.61 Å². The highest BCUT2D eigenvalue weighted by Crippen LogP contribution is 2.14. The molecule has 0 bridgehead atoms. The lowest BCUT2D eigenvalue weighted by Gasteiger charge is -2.16. The van der Waals surface area contributed by atoms with Crippen LogP contribution in [0.1, 0.15) is 26.2 Å². The van der Waals surface area contributed by atoms with Gasteiger partial charge in [-0.05, 0) is 6.42 Å². The Kier molecular flexibility index (Phi) is 6.37. The van der Waals surface area contributed by atoms with Crippen molar-refractivity contribution in [2.45, 2.75) is 38.4 Å². The summed E-state index contributed by atoms with van der Waals surface area (Å²) in [4.78, 5) is 21.3. The van der Waals surface area contributed by atoms with Gasteiger partial charge in [0.05, 0.1) is 6.42 Å². The highest BCUT2D eigenvalue weighted by Gasteiger charge is 2.30. The number of ether oxygens (including phenoxy) is 1. The second kappa shape index (κ2) is 6.97. The molecule has 0 fully saturated rings. The van der Waals surface area contributed by atoms with Crippen LogP contribution in [0.3, 0.4) is 0 Å². The van der Waals surface area contributed by atoms with Crippen LogP contribution in [0.15, 0.2) is 0 Å². The van der Waals surface area contributed by atoms with Crippen molar-refractivity contribution in [2.24, 2.45) is 0 Å². The number of hydrogen-bond acceptors (Lipinski definition) is 3. The van der Waals surface area contributed by atoms with Crippen molar-refractivity contribution in [1.29, 1.82) is 0 Å². The summed E-state index contributed by atoms with van der Waals surface area (Å²) in [6.07, 6.45) is -5.26. The predicted octanol–water partition coefficient (Wildman–Crippen LogP) is 1.92. The molecule has 0 rings (SSSR count). The Balaban J connectivity index is 4.07. The van der Waals surface area contributed by atoms with E-state index in [1.807, 2.05) is 0 Å². The van der Waals surface area contributed by atoms with Crippen molar-refractivity contribution in [3.63, 3.8) is 0 Å². The van der Waals surface area contributed by atoms with Crippen LogP contribution in [0, 0.1) is 0 Å². The molecule has 1 atom stereocenters. The summed E-state index contributed by atoms with van der Waals surface area (Å²) < 4.78 is 39.0. The summed E-state index contributed by atoms with van der Waals surface area (Å²) in [5, 5.41) is 10.6. The van der Waals surface area contributed by atoms with E-state index in [0.717, 1.165) is 0 Å². The van der Waals surface area contributed by atoms with Gasteiger partial charge < -0.3 is 15.2 Å². The molecule has 5 nitrogen and oxygen atoms in total. The van der Waals surface area contributed by atoms with E-state index in [-0.39, 0.29) is 6.42 Å². The summed E-state index contributed by atoms with van der Waals surface area (Å²) >= 11 is 0. The molecule has 0 saturated heterocycles. The summed E-state index contributed by atoms with van der Waals surface area (Å²) in [6.45, 7) is 0.0718. The number of carboxylic acids is 1. The molecule has 0 radical (unpaired) electrons. The van der Waals surface area contributed by atoms with E-state index in [1.54, 1.807) is 6.92 Å². The summed E-state index contributed by atoms with van der Waals surface area (Å²) in [6, 6.07) is -0.724. The van der Waals surface area contributed by atoms with Crippen LogP contribution >= 0.6 is 0 Å². The highest BCUT2D eigenvalue weighted by molar-refractivity contribution is 5.71. The van der Waals surface area contributed by atoms with E-state index in [0.29, 0.717) is 12.8 Å². The lowest BCUT2D eigenvalue weighted by atomic mass is 10.1. The minimum Gasteiger partial charge on any atom is -0.481 e. The third-order valence-electron chi connectivity index (χ3n) is 1.75. The van der Waals surface area contributed by atoms with Crippen molar-refractivity contribution in [2.75, 3.05) is 6.61 Å². The first-order valence-electron chi connectivity index (χ1n) is 4.96. The number of aliphatic carboxylic acids is 1. The maximum Gasteiger partial charge on any atom is 0.422 e. The molecule has 0 aromatic carbocycles. The van der Waals surface area contributed by atoms with Gasteiger partial charge in [0.2, 0.25) is 0 Å². The van der Waals surface area contributed by atoms with Gasteiger partial charge in [-0.3, -0.25) is 4.79 Å². The molecule has 0 aliphatic heterocycles. The third-order valence-corrected chi connectivity index (χ3v) is 1.75. The van der Waals surface area contributed by atoms with Crippen LogP contribution in [0.25, 0.3) is 0 Å². The number of carboxylic acid groups (broad SMARTS) is 1. The number of alkyl halides is 3. The molecule has 0 saturated carbocycles. The fraction of sp³-hybridized carbons (Fsp3) is 0.778. The van der Waals surface area contributed by atoms with Crippen molar-refractivity contribution in [3.05, 3.63) is 0 Å². The quantitative estimate of drug-likeness (QED) is 0.762.